The first-order valence-corrected chi connectivity index (χ1v) is 11.0. The van der Waals surface area contributed by atoms with Crippen LogP contribution in [0.15, 0.2) is 89.1 Å². The van der Waals surface area contributed by atoms with E-state index >= 15 is 0 Å². The number of non-ortho nitro benzene ring substituents is 1. The molecule has 0 N–H and O–H groups in total. The second kappa shape index (κ2) is 11.7. The summed E-state index contributed by atoms with van der Waals surface area (Å²) in [6.07, 6.45) is 7.20. The number of hydrogen-bond acceptors (Lipinski definition) is 7. The van der Waals surface area contributed by atoms with E-state index in [1.165, 1.54) is 25.3 Å². The molecule has 35 heavy (non-hydrogen) atoms. The molecule has 180 valence electrons. The minimum absolute atomic E-state index is 0.00197. The first kappa shape index (κ1) is 25.3. The van der Waals surface area contributed by atoms with Gasteiger partial charge in [-0.05, 0) is 31.1 Å². The third-order valence-corrected chi connectivity index (χ3v) is 5.59. The van der Waals surface area contributed by atoms with E-state index in [4.69, 9.17) is 9.47 Å². The van der Waals surface area contributed by atoms with Crippen LogP contribution in [0.2, 0.25) is 0 Å². The molecule has 0 aromatic heterocycles. The number of rotatable bonds is 8. The number of methoxy groups -OCH3 is 1. The Hall–Kier alpha value is -4.33. The van der Waals surface area contributed by atoms with Gasteiger partial charge in [-0.25, -0.2) is 4.79 Å². The van der Waals surface area contributed by atoms with Gasteiger partial charge in [0.05, 0.1) is 17.6 Å². The number of benzene rings is 2. The Labute approximate surface area is 203 Å². The van der Waals surface area contributed by atoms with Gasteiger partial charge in [0, 0.05) is 29.5 Å². The van der Waals surface area contributed by atoms with Crippen molar-refractivity contribution in [3.05, 3.63) is 105 Å². The molecule has 8 nitrogen and oxygen atoms in total. The third-order valence-electron chi connectivity index (χ3n) is 5.59. The molecule has 0 aliphatic carbocycles. The lowest BCUT2D eigenvalue weighted by atomic mass is 9.75. The van der Waals surface area contributed by atoms with E-state index in [0.717, 1.165) is 5.56 Å². The van der Waals surface area contributed by atoms with E-state index in [1.54, 1.807) is 32.1 Å². The highest BCUT2D eigenvalue weighted by Crippen LogP contribution is 2.40. The number of allylic oxidation sites excluding steroid dienone is 3. The Morgan fingerprint density at radius 1 is 1.09 bits per heavy atom. The summed E-state index contributed by atoms with van der Waals surface area (Å²) in [7, 11) is 1.25. The number of hydrogen-bond donors (Lipinski definition) is 0. The molecule has 2 unspecified atom stereocenters. The molecular weight excluding hydrogens is 448 g/mol. The summed E-state index contributed by atoms with van der Waals surface area (Å²) >= 11 is 0. The molecule has 2 aromatic carbocycles. The third kappa shape index (κ3) is 6.17. The van der Waals surface area contributed by atoms with E-state index < -0.39 is 28.7 Å². The van der Waals surface area contributed by atoms with Crippen LogP contribution < -0.4 is 0 Å². The summed E-state index contributed by atoms with van der Waals surface area (Å²) in [5.41, 5.74) is 2.32. The van der Waals surface area contributed by atoms with Gasteiger partial charge in [0.1, 0.15) is 12.5 Å². The second-order valence-electron chi connectivity index (χ2n) is 7.88. The quantitative estimate of drug-likeness (QED) is 0.230. The predicted octanol–water partition coefficient (Wildman–Crippen LogP) is 5.03. The van der Waals surface area contributed by atoms with Gasteiger partial charge in [0.2, 0.25) is 0 Å². The molecule has 1 aliphatic rings. The van der Waals surface area contributed by atoms with Gasteiger partial charge in [-0.2, -0.15) is 0 Å². The van der Waals surface area contributed by atoms with Gasteiger partial charge in [0.25, 0.3) is 5.69 Å². The van der Waals surface area contributed by atoms with Crippen LogP contribution in [0, 0.1) is 16.0 Å². The van der Waals surface area contributed by atoms with Crippen molar-refractivity contribution in [1.82, 2.24) is 0 Å². The molecule has 8 heteroatoms. The predicted molar refractivity (Wildman–Crippen MR) is 133 cm³/mol. The van der Waals surface area contributed by atoms with Crippen molar-refractivity contribution >= 4 is 29.4 Å². The van der Waals surface area contributed by atoms with Gasteiger partial charge in [0.15, 0.2) is 0 Å². The van der Waals surface area contributed by atoms with Crippen LogP contribution in [0.4, 0.5) is 5.69 Å². The highest BCUT2D eigenvalue weighted by atomic mass is 16.6. The molecule has 2 atom stereocenters. The Kier molecular flexibility index (Phi) is 8.45. The summed E-state index contributed by atoms with van der Waals surface area (Å²) in [5, 5.41) is 11.3. The van der Waals surface area contributed by atoms with Crippen molar-refractivity contribution in [2.75, 3.05) is 13.7 Å². The molecule has 0 radical (unpaired) electrons. The average Bonchev–Trinajstić information content (AvgIpc) is 2.85. The highest BCUT2D eigenvalue weighted by Gasteiger charge is 2.42. The van der Waals surface area contributed by atoms with E-state index in [9.17, 15) is 19.7 Å². The number of esters is 2. The zero-order chi connectivity index (χ0) is 25.4. The van der Waals surface area contributed by atoms with Crippen molar-refractivity contribution in [2.24, 2.45) is 10.9 Å². The van der Waals surface area contributed by atoms with Gasteiger partial charge in [-0.3, -0.25) is 19.9 Å². The zero-order valence-corrected chi connectivity index (χ0v) is 19.7. The van der Waals surface area contributed by atoms with Crippen molar-refractivity contribution in [2.45, 2.75) is 19.8 Å². The molecule has 0 saturated heterocycles. The van der Waals surface area contributed by atoms with Crippen molar-refractivity contribution in [3.8, 4) is 0 Å². The fraction of sp³-hybridized carbons (Fsp3) is 0.222. The topological polar surface area (TPSA) is 108 Å². The minimum atomic E-state index is -0.919. The van der Waals surface area contributed by atoms with Crippen LogP contribution in [0.3, 0.4) is 0 Å². The van der Waals surface area contributed by atoms with Gasteiger partial charge >= 0.3 is 11.9 Å². The molecule has 0 amide bonds. The van der Waals surface area contributed by atoms with E-state index in [2.05, 4.69) is 4.99 Å². The van der Waals surface area contributed by atoms with Crippen LogP contribution in [-0.4, -0.2) is 36.3 Å². The summed E-state index contributed by atoms with van der Waals surface area (Å²) in [5.74, 6) is -3.00. The molecule has 0 saturated carbocycles. The van der Waals surface area contributed by atoms with Crippen LogP contribution >= 0.6 is 0 Å². The first-order valence-electron chi connectivity index (χ1n) is 11.0. The van der Waals surface area contributed by atoms with E-state index in [1.807, 2.05) is 42.5 Å². The zero-order valence-electron chi connectivity index (χ0n) is 19.7. The normalized spacial score (nSPS) is 18.0. The molecule has 1 heterocycles. The number of ether oxygens (including phenoxy) is 2. The Balaban J connectivity index is 1.85. The van der Waals surface area contributed by atoms with E-state index in [0.29, 0.717) is 17.0 Å². The molecule has 0 fully saturated rings. The molecule has 3 rings (SSSR count). The maximum Gasteiger partial charge on any atom is 0.336 e. The van der Waals surface area contributed by atoms with Crippen LogP contribution in [0.1, 0.15) is 30.9 Å². The second-order valence-corrected chi connectivity index (χ2v) is 7.88. The number of nitro benzene ring substituents is 1. The highest BCUT2D eigenvalue weighted by molar-refractivity contribution is 6.07. The van der Waals surface area contributed by atoms with Gasteiger partial charge in [-0.1, -0.05) is 60.7 Å². The number of nitrogens with zero attached hydrogens (tertiary/aromatic N) is 2. The molecular formula is C27H26N2O6. The summed E-state index contributed by atoms with van der Waals surface area (Å²) < 4.78 is 10.4. The number of carbonyl (C=O) groups is 2. The standard InChI is InChI=1S/C27H26N2O6/c1-18-23(26(30)34-3)25(21-14-10-15-22(17-21)29(32)33)24(19(2)28-18)27(31)35-16-9-5-8-13-20-11-6-4-7-12-20/h4-15,17,23,25H,16H2,1-3H3. The molecule has 0 spiro atoms. The van der Waals surface area contributed by atoms with Crippen molar-refractivity contribution in [1.29, 1.82) is 0 Å². The lowest BCUT2D eigenvalue weighted by molar-refractivity contribution is -0.384. The smallest absolute Gasteiger partial charge is 0.336 e. The van der Waals surface area contributed by atoms with Gasteiger partial charge in [-0.15, -0.1) is 0 Å². The monoisotopic (exact) mass is 474 g/mol. The first-order chi connectivity index (χ1) is 16.8. The number of aliphatic imine (C=N–C) groups is 1. The average molecular weight is 475 g/mol. The lowest BCUT2D eigenvalue weighted by Crippen LogP contribution is -2.36. The minimum Gasteiger partial charge on any atom is -0.468 e. The fourth-order valence-corrected chi connectivity index (χ4v) is 3.99. The molecule has 0 bridgehead atoms. The Bertz CT molecular complexity index is 1230. The van der Waals surface area contributed by atoms with Crippen molar-refractivity contribution < 1.29 is 24.0 Å². The number of carbonyl (C=O) groups excluding carboxylic acids is 2. The lowest BCUT2D eigenvalue weighted by Gasteiger charge is -2.31. The summed E-state index contributed by atoms with van der Waals surface area (Å²) in [6.45, 7) is 3.32. The number of nitro groups is 1. The maximum absolute atomic E-state index is 13.1. The van der Waals surface area contributed by atoms with Crippen LogP contribution in [-0.2, 0) is 19.1 Å². The molecule has 1 aliphatic heterocycles. The summed E-state index contributed by atoms with van der Waals surface area (Å²) in [4.78, 5) is 41.0. The largest absolute Gasteiger partial charge is 0.468 e. The van der Waals surface area contributed by atoms with E-state index in [-0.39, 0.29) is 17.9 Å². The molecule has 2 aromatic rings. The maximum atomic E-state index is 13.1. The fourth-order valence-electron chi connectivity index (χ4n) is 3.99. The summed E-state index contributed by atoms with van der Waals surface area (Å²) in [6, 6.07) is 15.6. The van der Waals surface area contributed by atoms with Crippen LogP contribution in [0.5, 0.6) is 0 Å². The van der Waals surface area contributed by atoms with Crippen LogP contribution in [0.25, 0.3) is 6.08 Å². The SMILES string of the molecule is COC(=O)C1C(C)=NC(C)=C(C(=O)OCC=CC=Cc2ccccc2)C1c1cccc([N+](=O)[O-])c1. The Morgan fingerprint density at radius 2 is 1.83 bits per heavy atom. The Morgan fingerprint density at radius 3 is 2.51 bits per heavy atom. The van der Waals surface area contributed by atoms with Crippen molar-refractivity contribution in [3.63, 3.8) is 0 Å². The van der Waals surface area contributed by atoms with Gasteiger partial charge < -0.3 is 9.47 Å².